The summed E-state index contributed by atoms with van der Waals surface area (Å²) in [4.78, 5) is 10.9. The molecule has 1 aromatic rings. The number of hydrogen-bond donors (Lipinski definition) is 1. The first-order chi connectivity index (χ1) is 10.6. The maximum Gasteiger partial charge on any atom is 0.228 e. The lowest BCUT2D eigenvalue weighted by molar-refractivity contribution is -0.108. The molecule has 2 aliphatic heterocycles. The summed E-state index contributed by atoms with van der Waals surface area (Å²) in [5.74, 6) is 1.77. The van der Waals surface area contributed by atoms with Gasteiger partial charge in [0.05, 0.1) is 12.7 Å². The predicted octanol–water partition coefficient (Wildman–Crippen LogP) is 1.49. The fourth-order valence-corrected chi connectivity index (χ4v) is 3.72. The standard InChI is InChI=1S/C16H25N3O3/c1-12-11-19(15-17-7-3-14(18-15)21-2)8-6-16(12,20)13-4-9-22-10-5-13/h3,7,12-13,20H,4-6,8-11H2,1-2H3/t12-,16+/m1/s1. The largest absolute Gasteiger partial charge is 0.481 e. The van der Waals surface area contributed by atoms with E-state index in [1.807, 2.05) is 0 Å². The Hall–Kier alpha value is -1.40. The van der Waals surface area contributed by atoms with E-state index in [9.17, 15) is 5.11 Å². The number of piperidine rings is 1. The molecule has 0 aliphatic carbocycles. The quantitative estimate of drug-likeness (QED) is 0.912. The zero-order chi connectivity index (χ0) is 15.6. The zero-order valence-electron chi connectivity index (χ0n) is 13.4. The molecular formula is C16H25N3O3. The van der Waals surface area contributed by atoms with Crippen molar-refractivity contribution in [1.82, 2.24) is 9.97 Å². The van der Waals surface area contributed by atoms with Crippen LogP contribution in [0.2, 0.25) is 0 Å². The van der Waals surface area contributed by atoms with Gasteiger partial charge in [0.1, 0.15) is 0 Å². The number of nitrogens with zero attached hydrogens (tertiary/aromatic N) is 3. The van der Waals surface area contributed by atoms with Gasteiger partial charge in [0.2, 0.25) is 11.8 Å². The monoisotopic (exact) mass is 307 g/mol. The number of ether oxygens (including phenoxy) is 2. The summed E-state index contributed by atoms with van der Waals surface area (Å²) >= 11 is 0. The highest BCUT2D eigenvalue weighted by Crippen LogP contribution is 2.39. The van der Waals surface area contributed by atoms with Gasteiger partial charge in [0.25, 0.3) is 0 Å². The molecular weight excluding hydrogens is 282 g/mol. The van der Waals surface area contributed by atoms with Crippen molar-refractivity contribution in [2.75, 3.05) is 38.3 Å². The molecule has 2 atom stereocenters. The van der Waals surface area contributed by atoms with E-state index in [0.29, 0.717) is 17.7 Å². The third-order valence-electron chi connectivity index (χ3n) is 5.17. The SMILES string of the molecule is COc1ccnc(N2CC[C@@](O)(C3CCOCC3)[C@H](C)C2)n1. The third-order valence-corrected chi connectivity index (χ3v) is 5.17. The smallest absolute Gasteiger partial charge is 0.228 e. The number of aromatic nitrogens is 2. The topological polar surface area (TPSA) is 67.7 Å². The van der Waals surface area contributed by atoms with Gasteiger partial charge in [-0.1, -0.05) is 6.92 Å². The molecule has 6 nitrogen and oxygen atoms in total. The van der Waals surface area contributed by atoms with Gasteiger partial charge in [-0.05, 0) is 25.2 Å². The van der Waals surface area contributed by atoms with Gasteiger partial charge < -0.3 is 19.5 Å². The maximum absolute atomic E-state index is 11.2. The molecule has 0 aromatic carbocycles. The molecule has 22 heavy (non-hydrogen) atoms. The predicted molar refractivity (Wildman–Crippen MR) is 83.1 cm³/mol. The Morgan fingerprint density at radius 2 is 2.18 bits per heavy atom. The van der Waals surface area contributed by atoms with Crippen LogP contribution < -0.4 is 9.64 Å². The van der Waals surface area contributed by atoms with E-state index in [1.165, 1.54) is 0 Å². The highest BCUT2D eigenvalue weighted by atomic mass is 16.5. The van der Waals surface area contributed by atoms with Gasteiger partial charge in [0, 0.05) is 44.5 Å². The first-order valence-corrected chi connectivity index (χ1v) is 8.05. The van der Waals surface area contributed by atoms with Crippen LogP contribution in [0.3, 0.4) is 0 Å². The molecule has 0 amide bonds. The average molecular weight is 307 g/mol. The molecule has 1 aromatic heterocycles. The Kier molecular flexibility index (Phi) is 4.49. The normalized spacial score (nSPS) is 30.3. The Balaban J connectivity index is 1.71. The third kappa shape index (κ3) is 2.90. The lowest BCUT2D eigenvalue weighted by Gasteiger charge is -2.48. The van der Waals surface area contributed by atoms with Crippen molar-refractivity contribution in [3.8, 4) is 5.88 Å². The van der Waals surface area contributed by atoms with E-state index >= 15 is 0 Å². The van der Waals surface area contributed by atoms with Crippen LogP contribution in [0.15, 0.2) is 12.3 Å². The molecule has 0 saturated carbocycles. The first kappa shape index (κ1) is 15.5. The van der Waals surface area contributed by atoms with Crippen molar-refractivity contribution in [3.05, 3.63) is 12.3 Å². The van der Waals surface area contributed by atoms with Crippen LogP contribution in [-0.2, 0) is 4.74 Å². The van der Waals surface area contributed by atoms with E-state index in [4.69, 9.17) is 9.47 Å². The van der Waals surface area contributed by atoms with Crippen molar-refractivity contribution < 1.29 is 14.6 Å². The van der Waals surface area contributed by atoms with Crippen molar-refractivity contribution >= 4 is 5.95 Å². The van der Waals surface area contributed by atoms with Crippen LogP contribution in [0.4, 0.5) is 5.95 Å². The van der Waals surface area contributed by atoms with Gasteiger partial charge in [-0.3, -0.25) is 0 Å². The highest BCUT2D eigenvalue weighted by molar-refractivity contribution is 5.33. The number of hydrogen-bond acceptors (Lipinski definition) is 6. The average Bonchev–Trinajstić information content (AvgIpc) is 2.58. The number of aliphatic hydroxyl groups is 1. The van der Waals surface area contributed by atoms with Gasteiger partial charge in [-0.25, -0.2) is 4.98 Å². The lowest BCUT2D eigenvalue weighted by atomic mass is 9.70. The van der Waals surface area contributed by atoms with Crippen molar-refractivity contribution in [2.45, 2.75) is 31.8 Å². The summed E-state index contributed by atoms with van der Waals surface area (Å²) < 4.78 is 10.6. The van der Waals surface area contributed by atoms with Crippen LogP contribution in [0.25, 0.3) is 0 Å². The number of rotatable bonds is 3. The van der Waals surface area contributed by atoms with Crippen molar-refractivity contribution in [3.63, 3.8) is 0 Å². The summed E-state index contributed by atoms with van der Waals surface area (Å²) in [6, 6.07) is 1.75. The van der Waals surface area contributed by atoms with E-state index in [0.717, 1.165) is 45.6 Å². The van der Waals surface area contributed by atoms with E-state index in [2.05, 4.69) is 21.8 Å². The summed E-state index contributed by atoms with van der Waals surface area (Å²) in [6.45, 7) is 5.19. The molecule has 0 spiro atoms. The van der Waals surface area contributed by atoms with Crippen LogP contribution in [0, 0.1) is 11.8 Å². The Labute approximate surface area is 131 Å². The fourth-order valence-electron chi connectivity index (χ4n) is 3.72. The molecule has 0 radical (unpaired) electrons. The van der Waals surface area contributed by atoms with E-state index in [1.54, 1.807) is 19.4 Å². The minimum Gasteiger partial charge on any atom is -0.481 e. The molecule has 6 heteroatoms. The van der Waals surface area contributed by atoms with Gasteiger partial charge in [-0.2, -0.15) is 4.98 Å². The Morgan fingerprint density at radius 1 is 1.41 bits per heavy atom. The Bertz CT molecular complexity index is 507. The van der Waals surface area contributed by atoms with Crippen LogP contribution >= 0.6 is 0 Å². The summed E-state index contributed by atoms with van der Waals surface area (Å²) in [5.41, 5.74) is -0.598. The van der Waals surface area contributed by atoms with Crippen molar-refractivity contribution in [2.24, 2.45) is 11.8 Å². The zero-order valence-corrected chi connectivity index (χ0v) is 13.4. The van der Waals surface area contributed by atoms with E-state index in [-0.39, 0.29) is 5.92 Å². The molecule has 1 N–H and O–H groups in total. The maximum atomic E-state index is 11.2. The van der Waals surface area contributed by atoms with Gasteiger partial charge >= 0.3 is 0 Å². The lowest BCUT2D eigenvalue weighted by Crippen LogP contribution is -2.56. The van der Waals surface area contributed by atoms with Crippen LogP contribution in [0.1, 0.15) is 26.2 Å². The minimum atomic E-state index is -0.598. The number of anilines is 1. The second-order valence-corrected chi connectivity index (χ2v) is 6.37. The second-order valence-electron chi connectivity index (χ2n) is 6.37. The Morgan fingerprint density at radius 3 is 2.86 bits per heavy atom. The molecule has 3 heterocycles. The van der Waals surface area contributed by atoms with Crippen molar-refractivity contribution in [1.29, 1.82) is 0 Å². The molecule has 122 valence electrons. The van der Waals surface area contributed by atoms with Crippen LogP contribution in [-0.4, -0.2) is 54.1 Å². The van der Waals surface area contributed by atoms with Gasteiger partial charge in [-0.15, -0.1) is 0 Å². The van der Waals surface area contributed by atoms with Crippen LogP contribution in [0.5, 0.6) is 5.88 Å². The van der Waals surface area contributed by atoms with E-state index < -0.39 is 5.60 Å². The second kappa shape index (κ2) is 6.38. The molecule has 2 saturated heterocycles. The molecule has 0 unspecified atom stereocenters. The minimum absolute atomic E-state index is 0.180. The fraction of sp³-hybridized carbons (Fsp3) is 0.750. The molecule has 2 fully saturated rings. The molecule has 3 rings (SSSR count). The summed E-state index contributed by atoms with van der Waals surface area (Å²) in [6.07, 6.45) is 4.37. The molecule has 0 bridgehead atoms. The summed E-state index contributed by atoms with van der Waals surface area (Å²) in [7, 11) is 1.61. The van der Waals surface area contributed by atoms with Gasteiger partial charge in [0.15, 0.2) is 0 Å². The molecule has 2 aliphatic rings. The number of methoxy groups -OCH3 is 1. The first-order valence-electron chi connectivity index (χ1n) is 8.05. The summed E-state index contributed by atoms with van der Waals surface area (Å²) in [5, 5.41) is 11.2. The highest BCUT2D eigenvalue weighted by Gasteiger charge is 2.45.